The average molecular weight is 294 g/mol. The zero-order valence-electron chi connectivity index (χ0n) is 11.8. The molecule has 0 saturated heterocycles. The maximum atomic E-state index is 11.9. The van der Waals surface area contributed by atoms with E-state index in [4.69, 9.17) is 0 Å². The Morgan fingerprint density at radius 1 is 1.10 bits per heavy atom. The van der Waals surface area contributed by atoms with Crippen LogP contribution in [0.15, 0.2) is 29.2 Å². The van der Waals surface area contributed by atoms with Crippen molar-refractivity contribution < 1.29 is 8.42 Å². The third-order valence-electron chi connectivity index (χ3n) is 4.09. The number of hydrogen-bond acceptors (Lipinski definition) is 3. The van der Waals surface area contributed by atoms with Gasteiger partial charge in [0.15, 0.2) is 0 Å². The molecule has 0 bridgehead atoms. The Bertz CT molecular complexity index is 548. The van der Waals surface area contributed by atoms with Crippen molar-refractivity contribution in [2.24, 2.45) is 11.8 Å². The van der Waals surface area contributed by atoms with Gasteiger partial charge in [0.2, 0.25) is 10.0 Å². The molecule has 0 spiro atoms. The summed E-state index contributed by atoms with van der Waals surface area (Å²) in [6, 6.07) is 7.70. The predicted molar refractivity (Wildman–Crippen MR) is 80.2 cm³/mol. The highest BCUT2D eigenvalue weighted by atomic mass is 32.2. The van der Waals surface area contributed by atoms with Gasteiger partial charge in [0.25, 0.3) is 0 Å². The maximum absolute atomic E-state index is 11.9. The Morgan fingerprint density at radius 3 is 2.10 bits per heavy atom. The highest BCUT2D eigenvalue weighted by Crippen LogP contribution is 2.45. The van der Waals surface area contributed by atoms with Crippen LogP contribution in [0.3, 0.4) is 0 Å². The molecular weight excluding hydrogens is 272 g/mol. The molecule has 0 atom stereocenters. The van der Waals surface area contributed by atoms with Crippen molar-refractivity contribution in [3.05, 3.63) is 24.3 Å². The van der Waals surface area contributed by atoms with Gasteiger partial charge in [0.05, 0.1) is 4.90 Å². The van der Waals surface area contributed by atoms with Crippen LogP contribution in [0.5, 0.6) is 0 Å². The molecule has 2 fully saturated rings. The van der Waals surface area contributed by atoms with Gasteiger partial charge in [-0.2, -0.15) is 0 Å². The van der Waals surface area contributed by atoms with Crippen LogP contribution in [0.25, 0.3) is 0 Å². The van der Waals surface area contributed by atoms with Gasteiger partial charge >= 0.3 is 0 Å². The lowest BCUT2D eigenvalue weighted by atomic mass is 10.1. The normalized spacial score (nSPS) is 19.3. The molecule has 2 aliphatic rings. The lowest BCUT2D eigenvalue weighted by Crippen LogP contribution is -2.25. The van der Waals surface area contributed by atoms with E-state index in [1.807, 2.05) is 12.1 Å². The van der Waals surface area contributed by atoms with Crippen molar-refractivity contribution in [1.29, 1.82) is 0 Å². The Balaban J connectivity index is 1.69. The summed E-state index contributed by atoms with van der Waals surface area (Å²) in [5.74, 6) is 1.65. The van der Waals surface area contributed by atoms with Crippen molar-refractivity contribution in [2.45, 2.75) is 43.5 Å². The van der Waals surface area contributed by atoms with E-state index in [0.717, 1.165) is 17.5 Å². The highest BCUT2D eigenvalue weighted by Gasteiger charge is 2.41. The third-order valence-corrected chi connectivity index (χ3v) is 5.65. The van der Waals surface area contributed by atoms with Crippen LogP contribution in [0.1, 0.15) is 32.6 Å². The summed E-state index contributed by atoms with van der Waals surface area (Å²) in [7, 11) is -3.34. The molecule has 1 aromatic carbocycles. The first kappa shape index (κ1) is 13.9. The van der Waals surface area contributed by atoms with E-state index in [2.05, 4.69) is 10.0 Å². The quantitative estimate of drug-likeness (QED) is 0.812. The highest BCUT2D eigenvalue weighted by molar-refractivity contribution is 7.89. The molecule has 20 heavy (non-hydrogen) atoms. The van der Waals surface area contributed by atoms with Crippen LogP contribution >= 0.6 is 0 Å². The van der Waals surface area contributed by atoms with Crippen LogP contribution in [-0.4, -0.2) is 21.0 Å². The summed E-state index contributed by atoms with van der Waals surface area (Å²) < 4.78 is 26.2. The fourth-order valence-electron chi connectivity index (χ4n) is 2.73. The van der Waals surface area contributed by atoms with Crippen LogP contribution in [0.2, 0.25) is 0 Å². The minimum atomic E-state index is -3.34. The van der Waals surface area contributed by atoms with Crippen molar-refractivity contribution in [2.75, 3.05) is 11.9 Å². The number of nitrogens with one attached hydrogen (secondary N) is 2. The van der Waals surface area contributed by atoms with Gasteiger partial charge in [-0.15, -0.1) is 0 Å². The van der Waals surface area contributed by atoms with Crippen molar-refractivity contribution in [1.82, 2.24) is 4.72 Å². The molecule has 0 aromatic heterocycles. The van der Waals surface area contributed by atoms with Crippen LogP contribution in [0, 0.1) is 11.8 Å². The van der Waals surface area contributed by atoms with Gasteiger partial charge in [0, 0.05) is 18.3 Å². The molecule has 0 aliphatic heterocycles. The first-order valence-corrected chi connectivity index (χ1v) is 8.95. The van der Waals surface area contributed by atoms with E-state index in [9.17, 15) is 8.42 Å². The lowest BCUT2D eigenvalue weighted by Gasteiger charge is -2.19. The molecule has 110 valence electrons. The van der Waals surface area contributed by atoms with Gasteiger partial charge in [-0.25, -0.2) is 13.1 Å². The fraction of sp³-hybridized carbons (Fsp3) is 0.600. The summed E-state index contributed by atoms with van der Waals surface area (Å²) in [6.07, 6.45) is 5.34. The van der Waals surface area contributed by atoms with E-state index in [1.165, 1.54) is 25.7 Å². The molecule has 0 heterocycles. The first-order chi connectivity index (χ1) is 9.60. The molecule has 2 saturated carbocycles. The minimum absolute atomic E-state index is 0.333. The van der Waals surface area contributed by atoms with Gasteiger partial charge in [-0.1, -0.05) is 6.92 Å². The SMILES string of the molecule is CCNS(=O)(=O)c1ccc(NC(C2CC2)C2CC2)cc1. The van der Waals surface area contributed by atoms with Crippen molar-refractivity contribution in [3.63, 3.8) is 0 Å². The maximum Gasteiger partial charge on any atom is 0.240 e. The van der Waals surface area contributed by atoms with Crippen molar-refractivity contribution >= 4 is 15.7 Å². The summed E-state index contributed by atoms with van der Waals surface area (Å²) in [5.41, 5.74) is 1.03. The molecular formula is C15H22N2O2S. The summed E-state index contributed by atoms with van der Waals surface area (Å²) in [6.45, 7) is 2.19. The molecule has 2 aliphatic carbocycles. The van der Waals surface area contributed by atoms with Crippen LogP contribution < -0.4 is 10.0 Å². The van der Waals surface area contributed by atoms with Gasteiger partial charge < -0.3 is 5.32 Å². The molecule has 0 amide bonds. The largest absolute Gasteiger partial charge is 0.382 e. The number of rotatable bonds is 7. The minimum Gasteiger partial charge on any atom is -0.382 e. The second-order valence-corrected chi connectivity index (χ2v) is 7.64. The Kier molecular flexibility index (Phi) is 3.73. The summed E-state index contributed by atoms with van der Waals surface area (Å²) >= 11 is 0. The van der Waals surface area contributed by atoms with Crippen LogP contribution in [-0.2, 0) is 10.0 Å². The third kappa shape index (κ3) is 3.15. The average Bonchev–Trinajstić information content (AvgIpc) is 3.29. The zero-order valence-corrected chi connectivity index (χ0v) is 12.6. The number of hydrogen-bond donors (Lipinski definition) is 2. The lowest BCUT2D eigenvalue weighted by molar-refractivity contribution is 0.567. The van der Waals surface area contributed by atoms with E-state index < -0.39 is 10.0 Å². The van der Waals surface area contributed by atoms with Gasteiger partial charge in [0.1, 0.15) is 0 Å². The monoisotopic (exact) mass is 294 g/mol. The topological polar surface area (TPSA) is 58.2 Å². The molecule has 0 unspecified atom stereocenters. The standard InChI is InChI=1S/C15H22N2O2S/c1-2-16-20(18,19)14-9-7-13(8-10-14)17-15(11-3-4-11)12-5-6-12/h7-12,15-17H,2-6H2,1H3. The smallest absolute Gasteiger partial charge is 0.240 e. The molecule has 4 nitrogen and oxygen atoms in total. The predicted octanol–water partition coefficient (Wildman–Crippen LogP) is 2.59. The fourth-order valence-corrected chi connectivity index (χ4v) is 3.77. The Labute approximate surface area is 121 Å². The van der Waals surface area contributed by atoms with Crippen molar-refractivity contribution in [3.8, 4) is 0 Å². The second kappa shape index (κ2) is 5.37. The van der Waals surface area contributed by atoms with E-state index in [-0.39, 0.29) is 0 Å². The zero-order chi connectivity index (χ0) is 14.2. The molecule has 5 heteroatoms. The first-order valence-electron chi connectivity index (χ1n) is 7.46. The van der Waals surface area contributed by atoms with Gasteiger partial charge in [-0.05, 0) is 61.8 Å². The molecule has 0 radical (unpaired) electrons. The van der Waals surface area contributed by atoms with E-state index >= 15 is 0 Å². The molecule has 1 aromatic rings. The summed E-state index contributed by atoms with van der Waals surface area (Å²) in [4.78, 5) is 0.333. The number of anilines is 1. The number of benzene rings is 1. The Morgan fingerprint density at radius 2 is 1.65 bits per heavy atom. The number of sulfonamides is 1. The van der Waals surface area contributed by atoms with E-state index in [1.54, 1.807) is 19.1 Å². The Hall–Kier alpha value is -1.07. The van der Waals surface area contributed by atoms with Gasteiger partial charge in [-0.3, -0.25) is 0 Å². The summed E-state index contributed by atoms with van der Waals surface area (Å²) in [5, 5.41) is 3.60. The second-order valence-electron chi connectivity index (χ2n) is 5.87. The van der Waals surface area contributed by atoms with Crippen LogP contribution in [0.4, 0.5) is 5.69 Å². The molecule has 2 N–H and O–H groups in total. The van der Waals surface area contributed by atoms with E-state index in [0.29, 0.717) is 17.5 Å². The molecule has 3 rings (SSSR count).